The molecule has 1 aliphatic heterocycles. The maximum Gasteiger partial charge on any atom is 0.0319 e. The van der Waals surface area contributed by atoms with Crippen molar-refractivity contribution in [1.82, 2.24) is 4.90 Å². The van der Waals surface area contributed by atoms with Crippen LogP contribution >= 0.6 is 0 Å². The molecule has 0 spiro atoms. The first-order valence-electron chi connectivity index (χ1n) is 6.17. The summed E-state index contributed by atoms with van der Waals surface area (Å²) in [6.07, 6.45) is 5.57. The van der Waals surface area contributed by atoms with Crippen molar-refractivity contribution in [1.29, 1.82) is 0 Å². The molecule has 1 aromatic rings. The van der Waals surface area contributed by atoms with Gasteiger partial charge in [-0.25, -0.2) is 0 Å². The van der Waals surface area contributed by atoms with Crippen LogP contribution in [0.1, 0.15) is 44.2 Å². The van der Waals surface area contributed by atoms with Crippen molar-refractivity contribution in [3.8, 4) is 0 Å². The highest BCUT2D eigenvalue weighted by atomic mass is 15.1. The zero-order valence-electron chi connectivity index (χ0n) is 9.65. The Kier molecular flexibility index (Phi) is 3.79. The van der Waals surface area contributed by atoms with Gasteiger partial charge in [0.25, 0.3) is 0 Å². The van der Waals surface area contributed by atoms with Crippen LogP contribution in [0, 0.1) is 0 Å². The fourth-order valence-corrected chi connectivity index (χ4v) is 2.42. The minimum atomic E-state index is 0.587. The van der Waals surface area contributed by atoms with Crippen LogP contribution in [-0.2, 0) is 0 Å². The number of nitrogens with zero attached hydrogens (tertiary/aromatic N) is 1. The first-order valence-corrected chi connectivity index (χ1v) is 6.17. The van der Waals surface area contributed by atoms with E-state index >= 15 is 0 Å². The smallest absolute Gasteiger partial charge is 0.0319 e. The van der Waals surface area contributed by atoms with E-state index in [0.717, 1.165) is 0 Å². The van der Waals surface area contributed by atoms with Gasteiger partial charge in [0, 0.05) is 6.04 Å². The molecule has 1 heteroatoms. The summed E-state index contributed by atoms with van der Waals surface area (Å²) in [4.78, 5) is 2.63. The fourth-order valence-electron chi connectivity index (χ4n) is 2.42. The van der Waals surface area contributed by atoms with Gasteiger partial charge in [-0.05, 0) is 38.4 Å². The molecule has 0 unspecified atom stereocenters. The molecule has 2 rings (SSSR count). The highest BCUT2D eigenvalue weighted by molar-refractivity contribution is 5.18. The summed E-state index contributed by atoms with van der Waals surface area (Å²) >= 11 is 0. The Hall–Kier alpha value is -0.820. The minimum absolute atomic E-state index is 0.587. The van der Waals surface area contributed by atoms with Gasteiger partial charge in [0.2, 0.25) is 0 Å². The van der Waals surface area contributed by atoms with Crippen LogP contribution in [0.5, 0.6) is 0 Å². The SMILES string of the molecule is C[C@@H](c1ccccc1)N1CCCCCC1. The predicted molar refractivity (Wildman–Crippen MR) is 64.9 cm³/mol. The molecule has 1 nitrogen and oxygen atoms in total. The predicted octanol–water partition coefficient (Wildman–Crippen LogP) is 3.62. The molecule has 82 valence electrons. The fraction of sp³-hybridized carbons (Fsp3) is 0.571. The molecule has 1 saturated heterocycles. The zero-order chi connectivity index (χ0) is 10.5. The monoisotopic (exact) mass is 203 g/mol. The molecule has 0 aromatic heterocycles. The van der Waals surface area contributed by atoms with Gasteiger partial charge < -0.3 is 0 Å². The summed E-state index contributed by atoms with van der Waals surface area (Å²) < 4.78 is 0. The van der Waals surface area contributed by atoms with Crippen LogP contribution in [0.2, 0.25) is 0 Å². The van der Waals surface area contributed by atoms with Crippen molar-refractivity contribution in [3.63, 3.8) is 0 Å². The first-order chi connectivity index (χ1) is 7.38. The third-order valence-corrected chi connectivity index (χ3v) is 3.47. The molecule has 0 radical (unpaired) electrons. The Labute approximate surface area is 93.1 Å². The Balaban J connectivity index is 2.03. The zero-order valence-corrected chi connectivity index (χ0v) is 9.65. The maximum atomic E-state index is 2.63. The first kappa shape index (κ1) is 10.7. The van der Waals surface area contributed by atoms with Crippen LogP contribution in [0.25, 0.3) is 0 Å². The molecule has 1 aromatic carbocycles. The molecule has 0 saturated carbocycles. The quantitative estimate of drug-likeness (QED) is 0.709. The molecule has 15 heavy (non-hydrogen) atoms. The average molecular weight is 203 g/mol. The summed E-state index contributed by atoms with van der Waals surface area (Å²) in [7, 11) is 0. The Morgan fingerprint density at radius 1 is 0.933 bits per heavy atom. The van der Waals surface area contributed by atoms with Gasteiger partial charge in [0.1, 0.15) is 0 Å². The van der Waals surface area contributed by atoms with Crippen molar-refractivity contribution >= 4 is 0 Å². The molecule has 1 heterocycles. The molecule has 0 amide bonds. The summed E-state index contributed by atoms with van der Waals surface area (Å²) in [5.74, 6) is 0. The van der Waals surface area contributed by atoms with Gasteiger partial charge >= 0.3 is 0 Å². The normalized spacial score (nSPS) is 20.9. The molecular weight excluding hydrogens is 182 g/mol. The molecular formula is C14H21N. The van der Waals surface area contributed by atoms with Gasteiger partial charge in [-0.2, -0.15) is 0 Å². The summed E-state index contributed by atoms with van der Waals surface area (Å²) in [5.41, 5.74) is 1.46. The van der Waals surface area contributed by atoms with Gasteiger partial charge in [-0.15, -0.1) is 0 Å². The second-order valence-electron chi connectivity index (χ2n) is 4.54. The second kappa shape index (κ2) is 5.32. The topological polar surface area (TPSA) is 3.24 Å². The van der Waals surface area contributed by atoms with Crippen LogP contribution in [0.4, 0.5) is 0 Å². The Bertz CT molecular complexity index is 273. The van der Waals surface area contributed by atoms with E-state index in [2.05, 4.69) is 42.2 Å². The molecule has 1 aliphatic rings. The lowest BCUT2D eigenvalue weighted by Gasteiger charge is -2.27. The lowest BCUT2D eigenvalue weighted by Crippen LogP contribution is -2.27. The van der Waals surface area contributed by atoms with Crippen LogP contribution in [0.15, 0.2) is 30.3 Å². The lowest BCUT2D eigenvalue weighted by atomic mass is 10.1. The molecule has 1 fully saturated rings. The summed E-state index contributed by atoms with van der Waals surface area (Å²) in [6, 6.07) is 11.5. The van der Waals surface area contributed by atoms with Gasteiger partial charge in [-0.3, -0.25) is 4.90 Å². The Morgan fingerprint density at radius 3 is 2.13 bits per heavy atom. The number of likely N-dealkylation sites (tertiary alicyclic amines) is 1. The summed E-state index contributed by atoms with van der Waals surface area (Å²) in [5, 5.41) is 0. The van der Waals surface area contributed by atoms with Gasteiger partial charge in [0.15, 0.2) is 0 Å². The lowest BCUT2D eigenvalue weighted by molar-refractivity contribution is 0.219. The number of benzene rings is 1. The third kappa shape index (κ3) is 2.82. The van der Waals surface area contributed by atoms with Gasteiger partial charge in [0.05, 0.1) is 0 Å². The minimum Gasteiger partial charge on any atom is -0.297 e. The highest BCUT2D eigenvalue weighted by Gasteiger charge is 2.16. The van der Waals surface area contributed by atoms with E-state index in [4.69, 9.17) is 0 Å². The van der Waals surface area contributed by atoms with Crippen molar-refractivity contribution in [2.75, 3.05) is 13.1 Å². The summed E-state index contributed by atoms with van der Waals surface area (Å²) in [6.45, 7) is 4.88. The third-order valence-electron chi connectivity index (χ3n) is 3.47. The van der Waals surface area contributed by atoms with E-state index in [1.54, 1.807) is 0 Å². The number of hydrogen-bond donors (Lipinski definition) is 0. The standard InChI is InChI=1S/C14H21N/c1-13(14-9-5-4-6-10-14)15-11-7-2-3-8-12-15/h4-6,9-10,13H,2-3,7-8,11-12H2,1H3/t13-/m0/s1. The van der Waals surface area contributed by atoms with Gasteiger partial charge in [-0.1, -0.05) is 43.2 Å². The molecule has 0 aliphatic carbocycles. The van der Waals surface area contributed by atoms with Crippen LogP contribution < -0.4 is 0 Å². The number of rotatable bonds is 2. The van der Waals surface area contributed by atoms with E-state index in [-0.39, 0.29) is 0 Å². The van der Waals surface area contributed by atoms with Crippen molar-refractivity contribution < 1.29 is 0 Å². The second-order valence-corrected chi connectivity index (χ2v) is 4.54. The van der Waals surface area contributed by atoms with E-state index in [1.165, 1.54) is 44.3 Å². The highest BCUT2D eigenvalue weighted by Crippen LogP contribution is 2.23. The molecule has 0 bridgehead atoms. The van der Waals surface area contributed by atoms with E-state index in [9.17, 15) is 0 Å². The van der Waals surface area contributed by atoms with Crippen molar-refractivity contribution in [2.24, 2.45) is 0 Å². The molecule has 1 atom stereocenters. The van der Waals surface area contributed by atoms with E-state index in [1.807, 2.05) is 0 Å². The number of hydrogen-bond acceptors (Lipinski definition) is 1. The molecule has 0 N–H and O–H groups in total. The van der Waals surface area contributed by atoms with Crippen molar-refractivity contribution in [2.45, 2.75) is 38.6 Å². The van der Waals surface area contributed by atoms with Crippen molar-refractivity contribution in [3.05, 3.63) is 35.9 Å². The van der Waals surface area contributed by atoms with E-state index in [0.29, 0.717) is 6.04 Å². The maximum absolute atomic E-state index is 2.63. The average Bonchev–Trinajstić information content (AvgIpc) is 2.58. The van der Waals surface area contributed by atoms with Crippen LogP contribution in [-0.4, -0.2) is 18.0 Å². The Morgan fingerprint density at radius 2 is 1.53 bits per heavy atom. The van der Waals surface area contributed by atoms with Crippen LogP contribution in [0.3, 0.4) is 0 Å². The van der Waals surface area contributed by atoms with E-state index < -0.39 is 0 Å². The largest absolute Gasteiger partial charge is 0.297 e.